The van der Waals surface area contributed by atoms with E-state index in [-0.39, 0.29) is 12.5 Å². The summed E-state index contributed by atoms with van der Waals surface area (Å²) in [6.45, 7) is 0.485. The minimum Gasteiger partial charge on any atom is -0.497 e. The van der Waals surface area contributed by atoms with Crippen LogP contribution in [0.5, 0.6) is 5.75 Å². The van der Waals surface area contributed by atoms with Crippen molar-refractivity contribution in [2.45, 2.75) is 25.7 Å². The molecule has 0 radical (unpaired) electrons. The second kappa shape index (κ2) is 10.3. The Kier molecular flexibility index (Phi) is 7.23. The molecule has 0 unspecified atom stereocenters. The van der Waals surface area contributed by atoms with Crippen LogP contribution in [-0.4, -0.2) is 35.8 Å². The van der Waals surface area contributed by atoms with E-state index in [0.29, 0.717) is 41.4 Å². The number of ether oxygens (including phenoxy) is 1. The van der Waals surface area contributed by atoms with Crippen LogP contribution in [0.2, 0.25) is 0 Å². The molecule has 2 aromatic carbocycles. The molecule has 0 spiro atoms. The van der Waals surface area contributed by atoms with Gasteiger partial charge in [-0.05, 0) is 43.2 Å². The minimum absolute atomic E-state index is 0.262. The number of amides is 3. The van der Waals surface area contributed by atoms with Crippen LogP contribution in [0.4, 0.5) is 10.5 Å². The highest BCUT2D eigenvalue weighted by molar-refractivity contribution is 5.90. The van der Waals surface area contributed by atoms with E-state index in [1.165, 1.54) is 0 Å². The summed E-state index contributed by atoms with van der Waals surface area (Å²) in [5, 5.41) is 14.0. The lowest BCUT2D eigenvalue weighted by molar-refractivity contribution is -0.129. The van der Waals surface area contributed by atoms with Crippen LogP contribution in [0.3, 0.4) is 0 Å². The second-order valence-corrected chi connectivity index (χ2v) is 6.66. The lowest BCUT2D eigenvalue weighted by atomic mass is 10.2. The molecule has 0 aliphatic heterocycles. The molecule has 3 rings (SSSR count). The summed E-state index contributed by atoms with van der Waals surface area (Å²) in [5.41, 5.74) is 4.29. The number of oxazole rings is 1. The first-order chi connectivity index (χ1) is 14.6. The van der Waals surface area contributed by atoms with Gasteiger partial charge < -0.3 is 19.8 Å². The SMILES string of the molecule is COc1ccc2oc(-c3cccc(NC(=O)NCCCCCC(=O)NO)c3)nc2c1. The van der Waals surface area contributed by atoms with Crippen molar-refractivity contribution >= 4 is 28.7 Å². The molecule has 30 heavy (non-hydrogen) atoms. The number of fused-ring (bicyclic) bond motifs is 1. The summed E-state index contributed by atoms with van der Waals surface area (Å²) in [6, 6.07) is 12.3. The zero-order chi connectivity index (χ0) is 21.3. The van der Waals surface area contributed by atoms with Gasteiger partial charge in [0.15, 0.2) is 5.58 Å². The van der Waals surface area contributed by atoms with E-state index in [0.717, 1.165) is 18.4 Å². The third-order valence-electron chi connectivity index (χ3n) is 4.45. The van der Waals surface area contributed by atoms with Crippen LogP contribution in [-0.2, 0) is 4.79 Å². The number of carbonyl (C=O) groups excluding carboxylic acids is 2. The number of hydrogen-bond acceptors (Lipinski definition) is 6. The Hall–Kier alpha value is -3.59. The van der Waals surface area contributed by atoms with Gasteiger partial charge in [-0.15, -0.1) is 0 Å². The van der Waals surface area contributed by atoms with Crippen LogP contribution in [0.25, 0.3) is 22.6 Å². The average Bonchev–Trinajstić information content (AvgIpc) is 3.19. The smallest absolute Gasteiger partial charge is 0.319 e. The number of anilines is 1. The number of nitrogens with one attached hydrogen (secondary N) is 3. The van der Waals surface area contributed by atoms with E-state index in [4.69, 9.17) is 14.4 Å². The van der Waals surface area contributed by atoms with Crippen molar-refractivity contribution < 1.29 is 24.0 Å². The van der Waals surface area contributed by atoms with Crippen LogP contribution < -0.4 is 20.9 Å². The number of hydroxylamine groups is 1. The fourth-order valence-electron chi connectivity index (χ4n) is 2.91. The number of benzene rings is 2. The molecule has 3 amide bonds. The Labute approximate surface area is 173 Å². The van der Waals surface area contributed by atoms with Crippen LogP contribution in [0.15, 0.2) is 46.9 Å². The van der Waals surface area contributed by atoms with Gasteiger partial charge in [0, 0.05) is 30.3 Å². The maximum Gasteiger partial charge on any atom is 0.319 e. The van der Waals surface area contributed by atoms with Gasteiger partial charge in [-0.1, -0.05) is 12.5 Å². The standard InChI is InChI=1S/C21H24N4O5/c1-29-16-9-10-18-17(13-16)24-20(30-18)14-6-5-7-15(12-14)23-21(27)22-11-4-2-3-8-19(26)25-28/h5-7,9-10,12-13,28H,2-4,8,11H2,1H3,(H,25,26)(H2,22,23,27). The highest BCUT2D eigenvalue weighted by atomic mass is 16.5. The predicted molar refractivity (Wildman–Crippen MR) is 111 cm³/mol. The highest BCUT2D eigenvalue weighted by Gasteiger charge is 2.10. The minimum atomic E-state index is -0.404. The van der Waals surface area contributed by atoms with Gasteiger partial charge in [0.05, 0.1) is 7.11 Å². The van der Waals surface area contributed by atoms with Crippen molar-refractivity contribution in [1.82, 2.24) is 15.8 Å². The summed E-state index contributed by atoms with van der Waals surface area (Å²) in [5.74, 6) is 0.749. The molecule has 0 fully saturated rings. The van der Waals surface area contributed by atoms with E-state index in [1.54, 1.807) is 42.9 Å². The average molecular weight is 412 g/mol. The Balaban J connectivity index is 1.53. The summed E-state index contributed by atoms with van der Waals surface area (Å²) in [7, 11) is 1.60. The molecule has 0 bridgehead atoms. The fraction of sp³-hybridized carbons (Fsp3) is 0.286. The monoisotopic (exact) mass is 412 g/mol. The molecule has 158 valence electrons. The lowest BCUT2D eigenvalue weighted by Gasteiger charge is -2.08. The summed E-state index contributed by atoms with van der Waals surface area (Å²) in [4.78, 5) is 27.5. The quantitative estimate of drug-likeness (QED) is 0.241. The molecule has 0 aliphatic carbocycles. The van der Waals surface area contributed by atoms with E-state index in [9.17, 15) is 9.59 Å². The Morgan fingerprint density at radius 3 is 2.80 bits per heavy atom. The molecule has 0 atom stereocenters. The number of urea groups is 1. The van der Waals surface area contributed by atoms with Crippen LogP contribution in [0, 0.1) is 0 Å². The third kappa shape index (κ3) is 5.71. The van der Waals surface area contributed by atoms with Crippen LogP contribution in [0.1, 0.15) is 25.7 Å². The molecule has 3 aromatic rings. The van der Waals surface area contributed by atoms with Gasteiger partial charge in [-0.3, -0.25) is 10.0 Å². The largest absolute Gasteiger partial charge is 0.497 e. The van der Waals surface area contributed by atoms with E-state index in [1.807, 2.05) is 12.1 Å². The van der Waals surface area contributed by atoms with Gasteiger partial charge >= 0.3 is 6.03 Å². The Morgan fingerprint density at radius 2 is 2.00 bits per heavy atom. The number of carbonyl (C=O) groups is 2. The number of rotatable bonds is 9. The zero-order valence-electron chi connectivity index (χ0n) is 16.6. The summed E-state index contributed by atoms with van der Waals surface area (Å²) in [6.07, 6.45) is 2.41. The molecular weight excluding hydrogens is 388 g/mol. The molecule has 9 nitrogen and oxygen atoms in total. The van der Waals surface area contributed by atoms with Crippen molar-refractivity contribution in [3.05, 3.63) is 42.5 Å². The fourth-order valence-corrected chi connectivity index (χ4v) is 2.91. The van der Waals surface area contributed by atoms with Crippen molar-refractivity contribution in [2.24, 2.45) is 0 Å². The van der Waals surface area contributed by atoms with Gasteiger partial charge in [0.1, 0.15) is 11.3 Å². The summed E-state index contributed by atoms with van der Waals surface area (Å²) < 4.78 is 11.0. The van der Waals surface area contributed by atoms with Gasteiger partial charge in [-0.2, -0.15) is 0 Å². The highest BCUT2D eigenvalue weighted by Crippen LogP contribution is 2.28. The van der Waals surface area contributed by atoms with E-state index < -0.39 is 5.91 Å². The number of aromatic nitrogens is 1. The van der Waals surface area contributed by atoms with Crippen molar-refractivity contribution in [3.63, 3.8) is 0 Å². The molecule has 9 heteroatoms. The molecular formula is C21H24N4O5. The first-order valence-electron chi connectivity index (χ1n) is 9.62. The third-order valence-corrected chi connectivity index (χ3v) is 4.45. The van der Waals surface area contributed by atoms with Crippen molar-refractivity contribution in [1.29, 1.82) is 0 Å². The normalized spacial score (nSPS) is 10.6. The summed E-state index contributed by atoms with van der Waals surface area (Å²) >= 11 is 0. The van der Waals surface area contributed by atoms with E-state index >= 15 is 0 Å². The Morgan fingerprint density at radius 1 is 1.13 bits per heavy atom. The van der Waals surface area contributed by atoms with Gasteiger partial charge in [-0.25, -0.2) is 15.3 Å². The molecule has 1 aromatic heterocycles. The number of hydrogen-bond donors (Lipinski definition) is 4. The van der Waals surface area contributed by atoms with Crippen molar-refractivity contribution in [2.75, 3.05) is 19.0 Å². The van der Waals surface area contributed by atoms with Gasteiger partial charge in [0.2, 0.25) is 11.8 Å². The first kappa shape index (κ1) is 21.1. The molecule has 1 heterocycles. The molecule has 0 aliphatic rings. The molecule has 0 saturated heterocycles. The molecule has 4 N–H and O–H groups in total. The molecule has 0 saturated carbocycles. The maximum absolute atomic E-state index is 12.1. The van der Waals surface area contributed by atoms with Crippen LogP contribution >= 0.6 is 0 Å². The number of nitrogens with zero attached hydrogens (tertiary/aromatic N) is 1. The number of unbranched alkanes of at least 4 members (excludes halogenated alkanes) is 2. The predicted octanol–water partition coefficient (Wildman–Crippen LogP) is 3.69. The zero-order valence-corrected chi connectivity index (χ0v) is 16.6. The lowest BCUT2D eigenvalue weighted by Crippen LogP contribution is -2.29. The topological polar surface area (TPSA) is 126 Å². The van der Waals surface area contributed by atoms with Gasteiger partial charge in [0.25, 0.3) is 0 Å². The number of methoxy groups -OCH3 is 1. The van der Waals surface area contributed by atoms with E-state index in [2.05, 4.69) is 15.6 Å². The maximum atomic E-state index is 12.1. The Bertz CT molecular complexity index is 1020. The second-order valence-electron chi connectivity index (χ2n) is 6.66. The first-order valence-corrected chi connectivity index (χ1v) is 9.62. The van der Waals surface area contributed by atoms with Crippen molar-refractivity contribution in [3.8, 4) is 17.2 Å².